The van der Waals surface area contributed by atoms with E-state index >= 15 is 0 Å². The topological polar surface area (TPSA) is 77.4 Å². The Morgan fingerprint density at radius 2 is 2.29 bits per heavy atom. The van der Waals surface area contributed by atoms with Gasteiger partial charge in [-0.15, -0.1) is 0 Å². The third kappa shape index (κ3) is 2.65. The van der Waals surface area contributed by atoms with Crippen LogP contribution in [-0.2, 0) is 10.2 Å². The second-order valence-electron chi connectivity index (χ2n) is 5.17. The van der Waals surface area contributed by atoms with Gasteiger partial charge < -0.3 is 19.9 Å². The minimum absolute atomic E-state index is 0.0974. The summed E-state index contributed by atoms with van der Waals surface area (Å²) in [6.07, 6.45) is -0.0974. The summed E-state index contributed by atoms with van der Waals surface area (Å²) >= 11 is 0. The maximum atomic E-state index is 5.68. The molecule has 6 nitrogen and oxygen atoms in total. The molecule has 1 fully saturated rings. The van der Waals surface area contributed by atoms with Gasteiger partial charge in [0.2, 0.25) is 11.7 Å². The molecule has 2 heterocycles. The van der Waals surface area contributed by atoms with Crippen LogP contribution in [0.1, 0.15) is 31.7 Å². The van der Waals surface area contributed by atoms with Crippen molar-refractivity contribution < 1.29 is 9.26 Å². The standard InChI is InChI=1S/C11H20N4O2/c1-11(2,7-12)10-13-9(14-17-10)8-6-15(3)4-5-16-8/h8H,4-7,12H2,1-3H3. The molecule has 1 unspecified atom stereocenters. The van der Waals surface area contributed by atoms with Gasteiger partial charge in [-0.05, 0) is 20.9 Å². The van der Waals surface area contributed by atoms with Gasteiger partial charge in [-0.3, -0.25) is 0 Å². The van der Waals surface area contributed by atoms with Crippen LogP contribution in [-0.4, -0.2) is 48.3 Å². The molecule has 1 atom stereocenters. The Bertz CT molecular complexity index is 377. The van der Waals surface area contributed by atoms with Crippen LogP contribution in [0.25, 0.3) is 0 Å². The summed E-state index contributed by atoms with van der Waals surface area (Å²) in [6, 6.07) is 0. The van der Waals surface area contributed by atoms with Gasteiger partial charge in [-0.1, -0.05) is 5.16 Å². The van der Waals surface area contributed by atoms with Gasteiger partial charge in [0.15, 0.2) is 0 Å². The predicted octanol–water partition coefficient (Wildman–Crippen LogP) is 0.309. The highest BCUT2D eigenvalue weighted by atomic mass is 16.5. The van der Waals surface area contributed by atoms with Gasteiger partial charge in [0.1, 0.15) is 6.10 Å². The van der Waals surface area contributed by atoms with E-state index in [0.717, 1.165) is 13.1 Å². The van der Waals surface area contributed by atoms with Crippen molar-refractivity contribution >= 4 is 0 Å². The first-order valence-electron chi connectivity index (χ1n) is 5.87. The van der Waals surface area contributed by atoms with Crippen molar-refractivity contribution in [3.8, 4) is 0 Å². The summed E-state index contributed by atoms with van der Waals surface area (Å²) in [4.78, 5) is 6.59. The molecule has 96 valence electrons. The van der Waals surface area contributed by atoms with E-state index in [9.17, 15) is 0 Å². The molecule has 17 heavy (non-hydrogen) atoms. The molecule has 0 aliphatic carbocycles. The average molecular weight is 240 g/mol. The fourth-order valence-electron chi connectivity index (χ4n) is 1.66. The normalized spacial score (nSPS) is 22.9. The number of nitrogens with two attached hydrogens (primary N) is 1. The fraction of sp³-hybridized carbons (Fsp3) is 0.818. The van der Waals surface area contributed by atoms with Crippen LogP contribution in [0.15, 0.2) is 4.52 Å². The lowest BCUT2D eigenvalue weighted by molar-refractivity contribution is -0.0264. The van der Waals surface area contributed by atoms with E-state index in [2.05, 4.69) is 22.1 Å². The molecule has 2 rings (SSSR count). The second kappa shape index (κ2) is 4.72. The largest absolute Gasteiger partial charge is 0.367 e. The number of rotatable bonds is 3. The Morgan fingerprint density at radius 3 is 2.94 bits per heavy atom. The number of aromatic nitrogens is 2. The first-order valence-corrected chi connectivity index (χ1v) is 5.87. The second-order valence-corrected chi connectivity index (χ2v) is 5.17. The molecule has 0 radical (unpaired) electrons. The first kappa shape index (κ1) is 12.5. The maximum Gasteiger partial charge on any atom is 0.233 e. The molecule has 1 aromatic rings. The zero-order valence-electron chi connectivity index (χ0n) is 10.6. The van der Waals surface area contributed by atoms with Crippen LogP contribution in [0.2, 0.25) is 0 Å². The third-order valence-electron chi connectivity index (χ3n) is 3.09. The SMILES string of the molecule is CN1CCOC(c2noc(C(C)(C)CN)n2)C1. The summed E-state index contributed by atoms with van der Waals surface area (Å²) in [5.74, 6) is 1.19. The van der Waals surface area contributed by atoms with Crippen LogP contribution < -0.4 is 5.73 Å². The molecule has 2 N–H and O–H groups in total. The highest BCUT2D eigenvalue weighted by molar-refractivity contribution is 5.03. The zero-order valence-corrected chi connectivity index (χ0v) is 10.6. The number of hydrogen-bond donors (Lipinski definition) is 1. The van der Waals surface area contributed by atoms with E-state index in [1.54, 1.807) is 0 Å². The van der Waals surface area contributed by atoms with E-state index in [1.807, 2.05) is 13.8 Å². The van der Waals surface area contributed by atoms with Crippen molar-refractivity contribution in [2.75, 3.05) is 33.3 Å². The summed E-state index contributed by atoms with van der Waals surface area (Å²) in [7, 11) is 2.06. The van der Waals surface area contributed by atoms with E-state index in [4.69, 9.17) is 15.0 Å². The lowest BCUT2D eigenvalue weighted by Crippen LogP contribution is -2.35. The summed E-state index contributed by atoms with van der Waals surface area (Å²) in [5, 5.41) is 4.00. The summed E-state index contributed by atoms with van der Waals surface area (Å²) in [6.45, 7) is 6.87. The minimum atomic E-state index is -0.286. The highest BCUT2D eigenvalue weighted by Crippen LogP contribution is 2.24. The Morgan fingerprint density at radius 1 is 1.53 bits per heavy atom. The number of hydrogen-bond acceptors (Lipinski definition) is 6. The monoisotopic (exact) mass is 240 g/mol. The number of ether oxygens (including phenoxy) is 1. The van der Waals surface area contributed by atoms with Crippen LogP contribution >= 0.6 is 0 Å². The van der Waals surface area contributed by atoms with E-state index in [0.29, 0.717) is 24.9 Å². The predicted molar refractivity (Wildman–Crippen MR) is 62.6 cm³/mol. The molecule has 1 aromatic heterocycles. The van der Waals surface area contributed by atoms with Crippen LogP contribution in [0, 0.1) is 0 Å². The number of nitrogens with zero attached hydrogens (tertiary/aromatic N) is 3. The number of likely N-dealkylation sites (N-methyl/N-ethyl adjacent to an activating group) is 1. The van der Waals surface area contributed by atoms with Gasteiger partial charge >= 0.3 is 0 Å². The number of morpholine rings is 1. The first-order chi connectivity index (χ1) is 8.03. The quantitative estimate of drug-likeness (QED) is 0.819. The van der Waals surface area contributed by atoms with Gasteiger partial charge in [0.05, 0.1) is 12.0 Å². The molecular weight excluding hydrogens is 220 g/mol. The van der Waals surface area contributed by atoms with E-state index in [-0.39, 0.29) is 11.5 Å². The van der Waals surface area contributed by atoms with Crippen molar-refractivity contribution in [2.24, 2.45) is 5.73 Å². The lowest BCUT2D eigenvalue weighted by atomic mass is 9.94. The summed E-state index contributed by atoms with van der Waals surface area (Å²) < 4.78 is 10.9. The molecule has 0 aromatic carbocycles. The Labute approximate surface area is 101 Å². The molecule has 1 aliphatic heterocycles. The molecule has 0 amide bonds. The molecule has 0 spiro atoms. The summed E-state index contributed by atoms with van der Waals surface area (Å²) in [5.41, 5.74) is 5.39. The molecule has 1 saturated heterocycles. The van der Waals surface area contributed by atoms with E-state index < -0.39 is 0 Å². The molecule has 1 aliphatic rings. The fourth-order valence-corrected chi connectivity index (χ4v) is 1.66. The Hall–Kier alpha value is -0.980. The minimum Gasteiger partial charge on any atom is -0.367 e. The van der Waals surface area contributed by atoms with Crippen molar-refractivity contribution in [1.29, 1.82) is 0 Å². The zero-order chi connectivity index (χ0) is 12.5. The van der Waals surface area contributed by atoms with Gasteiger partial charge in [-0.25, -0.2) is 0 Å². The van der Waals surface area contributed by atoms with Crippen LogP contribution in [0.5, 0.6) is 0 Å². The van der Waals surface area contributed by atoms with E-state index in [1.165, 1.54) is 0 Å². The van der Waals surface area contributed by atoms with Crippen LogP contribution in [0.4, 0.5) is 0 Å². The molecule has 0 bridgehead atoms. The van der Waals surface area contributed by atoms with Gasteiger partial charge in [0, 0.05) is 19.6 Å². The maximum absolute atomic E-state index is 5.68. The average Bonchev–Trinajstić information content (AvgIpc) is 2.79. The Balaban J connectivity index is 2.12. The van der Waals surface area contributed by atoms with Crippen LogP contribution in [0.3, 0.4) is 0 Å². The Kier molecular flexibility index (Phi) is 3.46. The van der Waals surface area contributed by atoms with Crippen molar-refractivity contribution in [3.05, 3.63) is 11.7 Å². The molecule has 0 saturated carbocycles. The van der Waals surface area contributed by atoms with Gasteiger partial charge in [-0.2, -0.15) is 4.98 Å². The smallest absolute Gasteiger partial charge is 0.233 e. The van der Waals surface area contributed by atoms with Gasteiger partial charge in [0.25, 0.3) is 0 Å². The highest BCUT2D eigenvalue weighted by Gasteiger charge is 2.29. The lowest BCUT2D eigenvalue weighted by Gasteiger charge is -2.27. The molecular formula is C11H20N4O2. The van der Waals surface area contributed by atoms with Crippen molar-refractivity contribution in [1.82, 2.24) is 15.0 Å². The molecule has 6 heteroatoms. The van der Waals surface area contributed by atoms with Crippen molar-refractivity contribution in [2.45, 2.75) is 25.4 Å². The van der Waals surface area contributed by atoms with Crippen molar-refractivity contribution in [3.63, 3.8) is 0 Å². The third-order valence-corrected chi connectivity index (χ3v) is 3.09.